The quantitative estimate of drug-likeness (QED) is 0.904. The molecule has 1 aliphatic heterocycles. The summed E-state index contributed by atoms with van der Waals surface area (Å²) in [6.07, 6.45) is 3.30. The van der Waals surface area contributed by atoms with Gasteiger partial charge in [-0.05, 0) is 43.4 Å². The average molecular weight is 264 g/mol. The predicted molar refractivity (Wildman–Crippen MR) is 78.3 cm³/mol. The molecule has 1 atom stereocenters. The SMILES string of the molecule is COc1cc2c(c(OC)c1)N(C)CCC(CCN)C2. The first-order valence-electron chi connectivity index (χ1n) is 6.85. The summed E-state index contributed by atoms with van der Waals surface area (Å²) in [4.78, 5) is 2.28. The Morgan fingerprint density at radius 1 is 1.32 bits per heavy atom. The first-order valence-corrected chi connectivity index (χ1v) is 6.85. The number of methoxy groups -OCH3 is 2. The van der Waals surface area contributed by atoms with Crippen molar-refractivity contribution in [2.24, 2.45) is 11.7 Å². The van der Waals surface area contributed by atoms with Crippen molar-refractivity contribution in [2.75, 3.05) is 39.3 Å². The van der Waals surface area contributed by atoms with Crippen LogP contribution in [0.4, 0.5) is 5.69 Å². The van der Waals surface area contributed by atoms with Crippen molar-refractivity contribution in [3.05, 3.63) is 17.7 Å². The highest BCUT2D eigenvalue weighted by Gasteiger charge is 2.23. The van der Waals surface area contributed by atoms with E-state index in [1.54, 1.807) is 14.2 Å². The number of hydrogen-bond acceptors (Lipinski definition) is 4. The lowest BCUT2D eigenvalue weighted by atomic mass is 9.93. The van der Waals surface area contributed by atoms with E-state index in [1.165, 1.54) is 17.7 Å². The van der Waals surface area contributed by atoms with Crippen LogP contribution in [0.1, 0.15) is 18.4 Å². The van der Waals surface area contributed by atoms with Crippen LogP contribution in [0, 0.1) is 5.92 Å². The van der Waals surface area contributed by atoms with E-state index in [-0.39, 0.29) is 0 Å². The molecule has 19 heavy (non-hydrogen) atoms. The van der Waals surface area contributed by atoms with Crippen molar-refractivity contribution in [3.8, 4) is 11.5 Å². The fourth-order valence-corrected chi connectivity index (χ4v) is 2.88. The van der Waals surface area contributed by atoms with Crippen molar-refractivity contribution >= 4 is 5.69 Å². The minimum absolute atomic E-state index is 0.644. The van der Waals surface area contributed by atoms with E-state index < -0.39 is 0 Å². The summed E-state index contributed by atoms with van der Waals surface area (Å²) in [5.74, 6) is 2.40. The Bertz CT molecular complexity index is 434. The highest BCUT2D eigenvalue weighted by atomic mass is 16.5. The molecule has 0 radical (unpaired) electrons. The lowest BCUT2D eigenvalue weighted by Gasteiger charge is -2.22. The number of fused-ring (bicyclic) bond motifs is 1. The Hall–Kier alpha value is -1.42. The number of hydrogen-bond donors (Lipinski definition) is 1. The first-order chi connectivity index (χ1) is 9.19. The third kappa shape index (κ3) is 2.95. The summed E-state index contributed by atoms with van der Waals surface area (Å²) in [5, 5.41) is 0. The lowest BCUT2D eigenvalue weighted by molar-refractivity contribution is 0.393. The summed E-state index contributed by atoms with van der Waals surface area (Å²) in [5.41, 5.74) is 8.21. The molecule has 1 aromatic carbocycles. The van der Waals surface area contributed by atoms with Crippen LogP contribution in [0.3, 0.4) is 0 Å². The zero-order valence-corrected chi connectivity index (χ0v) is 12.1. The van der Waals surface area contributed by atoms with Crippen LogP contribution in [0.25, 0.3) is 0 Å². The molecule has 0 saturated carbocycles. The van der Waals surface area contributed by atoms with Gasteiger partial charge in [0.05, 0.1) is 19.9 Å². The Balaban J connectivity index is 2.41. The van der Waals surface area contributed by atoms with Crippen LogP contribution in [0.5, 0.6) is 11.5 Å². The maximum Gasteiger partial charge on any atom is 0.146 e. The van der Waals surface area contributed by atoms with Gasteiger partial charge in [-0.1, -0.05) is 0 Å². The molecule has 1 heterocycles. The number of rotatable bonds is 4. The first kappa shape index (κ1) is 14.0. The second kappa shape index (κ2) is 6.15. The molecular formula is C15H24N2O2. The molecule has 0 amide bonds. The van der Waals surface area contributed by atoms with Gasteiger partial charge < -0.3 is 20.1 Å². The van der Waals surface area contributed by atoms with Gasteiger partial charge in [-0.15, -0.1) is 0 Å². The summed E-state index contributed by atoms with van der Waals surface area (Å²) in [7, 11) is 5.53. The second-order valence-electron chi connectivity index (χ2n) is 5.20. The monoisotopic (exact) mass is 264 g/mol. The molecule has 2 N–H and O–H groups in total. The topological polar surface area (TPSA) is 47.7 Å². The molecule has 1 unspecified atom stereocenters. The zero-order chi connectivity index (χ0) is 13.8. The fraction of sp³-hybridized carbons (Fsp3) is 0.600. The van der Waals surface area contributed by atoms with Crippen LogP contribution in [-0.4, -0.2) is 34.4 Å². The molecule has 2 rings (SSSR count). The molecule has 106 valence electrons. The average Bonchev–Trinajstić information content (AvgIpc) is 2.58. The molecular weight excluding hydrogens is 240 g/mol. The van der Waals surface area contributed by atoms with Crippen molar-refractivity contribution in [1.82, 2.24) is 0 Å². The van der Waals surface area contributed by atoms with E-state index in [1.807, 2.05) is 6.07 Å². The van der Waals surface area contributed by atoms with Crippen LogP contribution in [-0.2, 0) is 6.42 Å². The number of anilines is 1. The van der Waals surface area contributed by atoms with Gasteiger partial charge in [0.15, 0.2) is 0 Å². The van der Waals surface area contributed by atoms with E-state index >= 15 is 0 Å². The minimum Gasteiger partial charge on any atom is -0.497 e. The van der Waals surface area contributed by atoms with Crippen LogP contribution >= 0.6 is 0 Å². The van der Waals surface area contributed by atoms with Crippen molar-refractivity contribution < 1.29 is 9.47 Å². The van der Waals surface area contributed by atoms with Crippen molar-refractivity contribution in [3.63, 3.8) is 0 Å². The predicted octanol–water partition coefficient (Wildman–Crippen LogP) is 2.05. The third-order valence-corrected chi connectivity index (χ3v) is 3.92. The zero-order valence-electron chi connectivity index (χ0n) is 12.1. The van der Waals surface area contributed by atoms with Gasteiger partial charge >= 0.3 is 0 Å². The third-order valence-electron chi connectivity index (χ3n) is 3.92. The summed E-state index contributed by atoms with van der Waals surface area (Å²) in [6.45, 7) is 1.80. The highest BCUT2D eigenvalue weighted by Crippen LogP contribution is 2.39. The molecule has 1 aromatic rings. The highest BCUT2D eigenvalue weighted by molar-refractivity contribution is 5.66. The van der Waals surface area contributed by atoms with Crippen LogP contribution in [0.15, 0.2) is 12.1 Å². The number of nitrogens with two attached hydrogens (primary N) is 1. The van der Waals surface area contributed by atoms with Gasteiger partial charge in [-0.3, -0.25) is 0 Å². The van der Waals surface area contributed by atoms with Gasteiger partial charge in [-0.25, -0.2) is 0 Å². The standard InChI is InChI=1S/C15H24N2O2/c1-17-7-5-11(4-6-16)8-12-9-13(18-2)10-14(19-3)15(12)17/h9-11H,4-8,16H2,1-3H3. The molecule has 1 aliphatic rings. The maximum absolute atomic E-state index is 5.71. The molecule has 0 bridgehead atoms. The molecule has 4 nitrogen and oxygen atoms in total. The largest absolute Gasteiger partial charge is 0.497 e. The second-order valence-corrected chi connectivity index (χ2v) is 5.20. The number of nitrogens with zero attached hydrogens (tertiary/aromatic N) is 1. The van der Waals surface area contributed by atoms with E-state index in [0.29, 0.717) is 5.92 Å². The Labute approximate surface area is 115 Å². The lowest BCUT2D eigenvalue weighted by Crippen LogP contribution is -2.20. The number of ether oxygens (including phenoxy) is 2. The van der Waals surface area contributed by atoms with Gasteiger partial charge in [0.25, 0.3) is 0 Å². The Morgan fingerprint density at radius 3 is 2.74 bits per heavy atom. The van der Waals surface area contributed by atoms with Gasteiger partial charge in [0, 0.05) is 19.7 Å². The summed E-state index contributed by atoms with van der Waals surface area (Å²) in [6, 6.07) is 4.09. The maximum atomic E-state index is 5.71. The minimum atomic E-state index is 0.644. The number of benzene rings is 1. The van der Waals surface area contributed by atoms with Crippen molar-refractivity contribution in [1.29, 1.82) is 0 Å². The molecule has 0 aliphatic carbocycles. The van der Waals surface area contributed by atoms with Gasteiger partial charge in [0.1, 0.15) is 11.5 Å². The van der Waals surface area contributed by atoms with E-state index in [0.717, 1.165) is 37.4 Å². The van der Waals surface area contributed by atoms with Crippen LogP contribution < -0.4 is 20.1 Å². The molecule has 0 saturated heterocycles. The van der Waals surface area contributed by atoms with Crippen molar-refractivity contribution in [2.45, 2.75) is 19.3 Å². The molecule has 0 spiro atoms. The normalized spacial score (nSPS) is 18.7. The Morgan fingerprint density at radius 2 is 2.11 bits per heavy atom. The van der Waals surface area contributed by atoms with Gasteiger partial charge in [-0.2, -0.15) is 0 Å². The summed E-state index contributed by atoms with van der Waals surface area (Å²) < 4.78 is 10.9. The molecule has 0 aromatic heterocycles. The fourth-order valence-electron chi connectivity index (χ4n) is 2.88. The smallest absolute Gasteiger partial charge is 0.146 e. The summed E-state index contributed by atoms with van der Waals surface area (Å²) >= 11 is 0. The molecule has 0 fully saturated rings. The molecule has 4 heteroatoms. The van der Waals surface area contributed by atoms with Gasteiger partial charge in [0.2, 0.25) is 0 Å². The van der Waals surface area contributed by atoms with E-state index in [4.69, 9.17) is 15.2 Å². The van der Waals surface area contributed by atoms with E-state index in [9.17, 15) is 0 Å². The Kier molecular flexibility index (Phi) is 4.53. The van der Waals surface area contributed by atoms with Crippen LogP contribution in [0.2, 0.25) is 0 Å². The van der Waals surface area contributed by atoms with E-state index in [2.05, 4.69) is 18.0 Å².